The predicted octanol–water partition coefficient (Wildman–Crippen LogP) is 15.7. The van der Waals surface area contributed by atoms with E-state index in [9.17, 15) is 17.3 Å². The van der Waals surface area contributed by atoms with Crippen LogP contribution in [0.2, 0.25) is 0 Å². The minimum absolute atomic E-state index is 0. The molecular weight excluding hydrogens is 908 g/mol. The Balaban J connectivity index is 0.000000244. The average molecular weight is 983 g/mol. The van der Waals surface area contributed by atoms with Crippen LogP contribution in [0.5, 0.6) is 5.75 Å². The maximum absolute atomic E-state index is 9.75. The number of aryl methyl sites for hydroxylation is 6. The van der Waals surface area contributed by atoms with Gasteiger partial charge >= 0.3 is 97.5 Å². The Labute approximate surface area is 390 Å². The Morgan fingerprint density at radius 1 is 0.619 bits per heavy atom. The number of hydrogen-bond donors (Lipinski definition) is 0. The van der Waals surface area contributed by atoms with E-state index in [2.05, 4.69) is 124 Å². The van der Waals surface area contributed by atoms with Gasteiger partial charge in [0.05, 0.1) is 0 Å². The van der Waals surface area contributed by atoms with Crippen LogP contribution in [0.1, 0.15) is 150 Å². The first kappa shape index (κ1) is 54.0. The summed E-state index contributed by atoms with van der Waals surface area (Å²) in [6.07, 6.45) is 28.6. The monoisotopic (exact) mass is 982 g/mol. The normalized spacial score (nSPS) is 17.6. The molecule has 2 aliphatic carbocycles. The van der Waals surface area contributed by atoms with E-state index in [0.29, 0.717) is 12.1 Å². The number of benzene rings is 3. The summed E-state index contributed by atoms with van der Waals surface area (Å²) < 4.78 is 46.7. The summed E-state index contributed by atoms with van der Waals surface area (Å²) >= 11 is -0.191. The Morgan fingerprint density at radius 2 is 0.968 bits per heavy atom. The van der Waals surface area contributed by atoms with Gasteiger partial charge in [-0.15, -0.1) is 0 Å². The second-order valence-electron chi connectivity index (χ2n) is 17.4. The molecule has 0 spiro atoms. The third-order valence-corrected chi connectivity index (χ3v) is 12.7. The quantitative estimate of drug-likeness (QED) is 0.133. The number of ether oxygens (including phenoxy) is 1. The molecule has 2 fully saturated rings. The van der Waals surface area contributed by atoms with Crippen molar-refractivity contribution in [1.29, 1.82) is 0 Å². The number of halogens is 5. The molecule has 63 heavy (non-hydrogen) atoms. The van der Waals surface area contributed by atoms with Crippen LogP contribution in [0.25, 0.3) is 0 Å². The van der Waals surface area contributed by atoms with Crippen molar-refractivity contribution in [3.63, 3.8) is 0 Å². The first-order valence-electron chi connectivity index (χ1n) is 22.6. The number of para-hydroxylation sites is 1. The smallest absolute Gasteiger partial charge is 0.505 e. The van der Waals surface area contributed by atoms with Gasteiger partial charge in [0.15, 0.2) is 0 Å². The molecule has 5 nitrogen and oxygen atoms in total. The van der Waals surface area contributed by atoms with Gasteiger partial charge < -0.3 is 36.9 Å². The van der Waals surface area contributed by atoms with Gasteiger partial charge in [0, 0.05) is 23.5 Å². The molecule has 2 saturated carbocycles. The minimum atomic E-state index is -6.00. The molecule has 7 rings (SSSR count). The summed E-state index contributed by atoms with van der Waals surface area (Å²) in [5, 5.41) is 0. The standard InChI is InChI=1S/2C20H29N2.C10H12O.CH4.BF4.ClH.Ru/c2*1-16-13-17(2)20(18(3)14-16)22-12-11-21(15-22)19-9-7-5-4-6-8-10-19;1-8(2)11-10-7-5-4-6-9(10)3;;2-1(3,4)5;;/h2*11-15,19H,4-10H2,1-3H3;3-8H,1-2H3;1H4;;1H;/q2*-1;;;-1;;+1/p-1. The summed E-state index contributed by atoms with van der Waals surface area (Å²) in [7, 11) is -0.277. The van der Waals surface area contributed by atoms with Crippen LogP contribution in [-0.2, 0) is 15.7 Å². The SMILES string of the molecule is C.CC(C)Oc1ccccc1[CH]=[Ru][Cl].Cc1cc(C)c(N2C=CN(C3CCCCCCC3)[CH-]2)c(C)c1.Cc1cc(C)c(N2C=CN(C3CCCCCCC3)[CH-]2)c(C)c1.F[B-](F)(F)F. The van der Waals surface area contributed by atoms with E-state index in [0.717, 1.165) is 11.3 Å². The molecule has 4 aliphatic rings. The van der Waals surface area contributed by atoms with Crippen LogP contribution >= 0.6 is 9.69 Å². The summed E-state index contributed by atoms with van der Waals surface area (Å²) in [5.41, 5.74) is 11.9. The van der Waals surface area contributed by atoms with Gasteiger partial charge in [0.2, 0.25) is 0 Å². The molecule has 2 aliphatic heterocycles. The third kappa shape index (κ3) is 18.6. The molecule has 0 unspecified atom stereocenters. The first-order valence-corrected chi connectivity index (χ1v) is 25.8. The summed E-state index contributed by atoms with van der Waals surface area (Å²) in [6, 6.07) is 18.5. The zero-order valence-corrected chi connectivity index (χ0v) is 40.8. The van der Waals surface area contributed by atoms with Gasteiger partial charge in [-0.05, 0) is 114 Å². The molecule has 0 radical (unpaired) electrons. The topological polar surface area (TPSA) is 22.2 Å². The fraction of sp³-hybridized carbons (Fsp3) is 0.510. The van der Waals surface area contributed by atoms with Crippen LogP contribution in [0.3, 0.4) is 0 Å². The van der Waals surface area contributed by atoms with Crippen LogP contribution in [0.4, 0.5) is 28.6 Å². The molecule has 3 aromatic carbocycles. The fourth-order valence-electron chi connectivity index (χ4n) is 9.03. The molecule has 2 heterocycles. The zero-order valence-electron chi connectivity index (χ0n) is 38.3. The maximum Gasteiger partial charge on any atom is 0.673 e. The predicted molar refractivity (Wildman–Crippen MR) is 259 cm³/mol. The molecule has 353 valence electrons. The van der Waals surface area contributed by atoms with Gasteiger partial charge in [-0.3, -0.25) is 0 Å². The van der Waals surface area contributed by atoms with E-state index < -0.39 is 7.25 Å². The van der Waals surface area contributed by atoms with Crippen molar-refractivity contribution in [2.24, 2.45) is 0 Å². The van der Waals surface area contributed by atoms with Gasteiger partial charge in [-0.25, -0.2) is 0 Å². The van der Waals surface area contributed by atoms with E-state index in [-0.39, 0.29) is 29.2 Å². The van der Waals surface area contributed by atoms with Crippen LogP contribution in [-0.4, -0.2) is 39.9 Å². The first-order chi connectivity index (χ1) is 29.5. The van der Waals surface area contributed by atoms with Crippen molar-refractivity contribution >= 4 is 32.9 Å². The molecule has 0 aromatic heterocycles. The van der Waals surface area contributed by atoms with E-state index in [1.54, 1.807) is 0 Å². The molecule has 0 amide bonds. The van der Waals surface area contributed by atoms with E-state index in [4.69, 9.17) is 14.4 Å². The van der Waals surface area contributed by atoms with Crippen molar-refractivity contribution in [2.45, 2.75) is 171 Å². The van der Waals surface area contributed by atoms with E-state index >= 15 is 0 Å². The van der Waals surface area contributed by atoms with E-state index in [1.807, 2.05) is 42.7 Å². The molecular formula is C51H74BClF4N4ORu-3. The number of nitrogens with zero attached hydrogens (tertiary/aromatic N) is 4. The molecule has 0 atom stereocenters. The van der Waals surface area contributed by atoms with Crippen molar-refractivity contribution in [2.75, 3.05) is 9.80 Å². The molecule has 0 N–H and O–H groups in total. The molecule has 3 aromatic rings. The summed E-state index contributed by atoms with van der Waals surface area (Å²) in [4.78, 5) is 9.51. The number of hydrogen-bond acceptors (Lipinski definition) is 5. The molecule has 0 saturated heterocycles. The summed E-state index contributed by atoms with van der Waals surface area (Å²) in [6.45, 7) is 21.9. The second kappa shape index (κ2) is 27.2. The van der Waals surface area contributed by atoms with Gasteiger partial charge in [0.25, 0.3) is 0 Å². The van der Waals surface area contributed by atoms with Gasteiger partial charge in [-0.1, -0.05) is 107 Å². The molecule has 0 bridgehead atoms. The van der Waals surface area contributed by atoms with Crippen LogP contribution in [0.15, 0.2) is 73.3 Å². The Hall–Kier alpha value is -3.29. The van der Waals surface area contributed by atoms with Crippen molar-refractivity contribution in [3.05, 3.63) is 126 Å². The minimum Gasteiger partial charge on any atom is -0.505 e. The van der Waals surface area contributed by atoms with Gasteiger partial charge in [-0.2, -0.15) is 13.3 Å². The zero-order chi connectivity index (χ0) is 45.2. The maximum atomic E-state index is 9.75. The number of anilines is 2. The van der Waals surface area contributed by atoms with Crippen molar-refractivity contribution < 1.29 is 37.7 Å². The number of rotatable bonds is 7. The fourth-order valence-corrected chi connectivity index (χ4v) is 10.1. The molecule has 12 heteroatoms. The average Bonchev–Trinajstić information content (AvgIpc) is 3.82. The van der Waals surface area contributed by atoms with Crippen molar-refractivity contribution in [3.8, 4) is 5.75 Å². The van der Waals surface area contributed by atoms with Crippen LogP contribution < -0.4 is 14.5 Å². The summed E-state index contributed by atoms with van der Waals surface area (Å²) in [5.74, 6) is 0.924. The van der Waals surface area contributed by atoms with Crippen LogP contribution in [0, 0.1) is 54.9 Å². The van der Waals surface area contributed by atoms with E-state index in [1.165, 1.54) is 135 Å². The second-order valence-corrected chi connectivity index (χ2v) is 19.2. The largest absolute Gasteiger partial charge is 0.673 e. The third-order valence-electron chi connectivity index (χ3n) is 11.5. The Kier molecular flexibility index (Phi) is 23.4. The Morgan fingerprint density at radius 3 is 1.32 bits per heavy atom. The Bertz CT molecular complexity index is 1760. The van der Waals surface area contributed by atoms with Gasteiger partial charge in [0.1, 0.15) is 0 Å². The van der Waals surface area contributed by atoms with Crippen molar-refractivity contribution in [1.82, 2.24) is 9.80 Å².